The average Bonchev–Trinajstić information content (AvgIpc) is 3.02. The van der Waals surface area contributed by atoms with Crippen molar-refractivity contribution in [2.24, 2.45) is 4.99 Å². The quantitative estimate of drug-likeness (QED) is 0.270. The summed E-state index contributed by atoms with van der Waals surface area (Å²) >= 11 is 8.13. The number of anilines is 1. The van der Waals surface area contributed by atoms with E-state index in [4.69, 9.17) is 11.6 Å². The van der Waals surface area contributed by atoms with Gasteiger partial charge in [-0.2, -0.15) is 11.8 Å². The van der Waals surface area contributed by atoms with Gasteiger partial charge in [-0.3, -0.25) is 4.99 Å². The van der Waals surface area contributed by atoms with Crippen molar-refractivity contribution in [2.45, 2.75) is 25.3 Å². The molecule has 2 N–H and O–H groups in total. The Kier molecular flexibility index (Phi) is 10.8. The van der Waals surface area contributed by atoms with E-state index in [0.717, 1.165) is 37.8 Å². The molecule has 1 atom stereocenters. The maximum Gasteiger partial charge on any atom is 0.191 e. The van der Waals surface area contributed by atoms with Gasteiger partial charge < -0.3 is 15.5 Å². The van der Waals surface area contributed by atoms with Gasteiger partial charge in [0.15, 0.2) is 5.96 Å². The van der Waals surface area contributed by atoms with Crippen LogP contribution in [-0.4, -0.2) is 55.7 Å². The Morgan fingerprint density at radius 1 is 1.50 bits per heavy atom. The van der Waals surface area contributed by atoms with E-state index in [2.05, 4.69) is 31.8 Å². The van der Waals surface area contributed by atoms with Crippen LogP contribution in [0.2, 0.25) is 5.02 Å². The van der Waals surface area contributed by atoms with Crippen molar-refractivity contribution in [2.75, 3.05) is 43.6 Å². The minimum absolute atomic E-state index is 0. The van der Waals surface area contributed by atoms with E-state index >= 15 is 0 Å². The fourth-order valence-corrected chi connectivity index (χ4v) is 3.38. The third kappa shape index (κ3) is 6.84. The topological polar surface area (TPSA) is 52.6 Å². The summed E-state index contributed by atoms with van der Waals surface area (Å²) in [5, 5.41) is 7.60. The van der Waals surface area contributed by atoms with Gasteiger partial charge in [-0.1, -0.05) is 11.6 Å². The molecule has 1 saturated heterocycles. The van der Waals surface area contributed by atoms with Crippen molar-refractivity contribution >= 4 is 59.1 Å². The Balaban J connectivity index is 0.00000288. The summed E-state index contributed by atoms with van der Waals surface area (Å²) in [7, 11) is 1.82. The Labute approximate surface area is 171 Å². The molecule has 0 amide bonds. The van der Waals surface area contributed by atoms with E-state index in [1.165, 1.54) is 18.6 Å². The maximum atomic E-state index is 6.23. The van der Waals surface area contributed by atoms with Crippen LogP contribution in [0.1, 0.15) is 19.3 Å². The van der Waals surface area contributed by atoms with Gasteiger partial charge in [0.25, 0.3) is 0 Å². The van der Waals surface area contributed by atoms with Gasteiger partial charge in [-0.15, -0.1) is 24.0 Å². The molecule has 24 heavy (non-hydrogen) atoms. The van der Waals surface area contributed by atoms with Crippen LogP contribution in [0.3, 0.4) is 0 Å². The van der Waals surface area contributed by atoms with E-state index in [1.54, 1.807) is 6.20 Å². The lowest BCUT2D eigenvalue weighted by Crippen LogP contribution is -2.44. The molecular weight excluding hydrogens is 457 g/mol. The number of guanidine groups is 1. The number of pyridine rings is 1. The summed E-state index contributed by atoms with van der Waals surface area (Å²) in [6.45, 7) is 2.81. The van der Waals surface area contributed by atoms with Gasteiger partial charge in [0.1, 0.15) is 5.82 Å². The fraction of sp³-hybridized carbons (Fsp3) is 0.625. The summed E-state index contributed by atoms with van der Waals surface area (Å²) in [5.41, 5.74) is 0. The molecule has 2 rings (SSSR count). The number of hydrogen-bond acceptors (Lipinski definition) is 4. The van der Waals surface area contributed by atoms with E-state index in [1.807, 2.05) is 30.9 Å². The summed E-state index contributed by atoms with van der Waals surface area (Å²) in [6, 6.07) is 4.12. The van der Waals surface area contributed by atoms with Gasteiger partial charge in [0.05, 0.1) is 5.02 Å². The maximum absolute atomic E-state index is 6.23. The summed E-state index contributed by atoms with van der Waals surface area (Å²) in [4.78, 5) is 10.9. The standard InChI is InChI=1S/C16H26ClN5S.HI/c1-18-16(20-8-3-4-11-23-2)21-13-7-10-22(12-13)15-14(17)6-5-9-19-15;/h5-6,9,13H,3-4,7-8,10-12H2,1-2H3,(H2,18,20,21);1H. The van der Waals surface area contributed by atoms with Crippen molar-refractivity contribution in [3.05, 3.63) is 23.4 Å². The molecule has 0 radical (unpaired) electrons. The molecule has 1 aliphatic heterocycles. The molecule has 0 bridgehead atoms. The van der Waals surface area contributed by atoms with Crippen molar-refractivity contribution < 1.29 is 0 Å². The number of halogens is 2. The van der Waals surface area contributed by atoms with Crippen LogP contribution in [0.4, 0.5) is 5.82 Å². The number of nitrogens with one attached hydrogen (secondary N) is 2. The second kappa shape index (κ2) is 12.0. The highest BCUT2D eigenvalue weighted by molar-refractivity contribution is 14.0. The van der Waals surface area contributed by atoms with Crippen molar-refractivity contribution in [3.63, 3.8) is 0 Å². The molecule has 5 nitrogen and oxygen atoms in total. The summed E-state index contributed by atoms with van der Waals surface area (Å²) in [5.74, 6) is 2.97. The zero-order valence-corrected chi connectivity index (χ0v) is 18.2. The molecule has 1 fully saturated rings. The van der Waals surface area contributed by atoms with Crippen molar-refractivity contribution in [3.8, 4) is 0 Å². The van der Waals surface area contributed by atoms with Crippen LogP contribution in [0, 0.1) is 0 Å². The van der Waals surface area contributed by atoms with Crippen LogP contribution in [-0.2, 0) is 0 Å². The molecule has 0 spiro atoms. The van der Waals surface area contributed by atoms with Crippen LogP contribution in [0.15, 0.2) is 23.3 Å². The van der Waals surface area contributed by atoms with Crippen LogP contribution in [0.25, 0.3) is 0 Å². The Bertz CT molecular complexity index is 517. The molecule has 1 aliphatic rings. The molecule has 0 aliphatic carbocycles. The first-order valence-corrected chi connectivity index (χ1v) is 9.83. The van der Waals surface area contributed by atoms with Gasteiger partial charge in [0.2, 0.25) is 0 Å². The SMILES string of the molecule is CN=C(NCCCCSC)NC1CCN(c2ncccc2Cl)C1.I. The highest BCUT2D eigenvalue weighted by atomic mass is 127. The molecule has 2 heterocycles. The van der Waals surface area contributed by atoms with Gasteiger partial charge in [-0.05, 0) is 43.4 Å². The molecule has 0 aromatic carbocycles. The second-order valence-electron chi connectivity index (χ2n) is 5.58. The molecule has 136 valence electrons. The zero-order chi connectivity index (χ0) is 16.5. The predicted molar refractivity (Wildman–Crippen MR) is 117 cm³/mol. The van der Waals surface area contributed by atoms with Crippen LogP contribution >= 0.6 is 47.3 Å². The lowest BCUT2D eigenvalue weighted by atomic mass is 10.3. The number of aromatic nitrogens is 1. The molecule has 8 heteroatoms. The van der Waals surface area contributed by atoms with Crippen LogP contribution in [0.5, 0.6) is 0 Å². The first-order chi connectivity index (χ1) is 11.2. The van der Waals surface area contributed by atoms with Crippen molar-refractivity contribution in [1.29, 1.82) is 0 Å². The van der Waals surface area contributed by atoms with Crippen molar-refractivity contribution in [1.82, 2.24) is 15.6 Å². The lowest BCUT2D eigenvalue weighted by molar-refractivity contribution is 0.641. The number of thioether (sulfide) groups is 1. The van der Waals surface area contributed by atoms with E-state index in [9.17, 15) is 0 Å². The second-order valence-corrected chi connectivity index (χ2v) is 6.98. The largest absolute Gasteiger partial charge is 0.356 e. The first-order valence-electron chi connectivity index (χ1n) is 8.06. The minimum atomic E-state index is 0. The van der Waals surface area contributed by atoms with Gasteiger partial charge in [0, 0.05) is 38.9 Å². The zero-order valence-electron chi connectivity index (χ0n) is 14.3. The van der Waals surface area contributed by atoms with E-state index in [-0.39, 0.29) is 24.0 Å². The number of rotatable bonds is 7. The van der Waals surface area contributed by atoms with Crippen LogP contribution < -0.4 is 15.5 Å². The molecule has 1 aromatic heterocycles. The Morgan fingerprint density at radius 3 is 3.04 bits per heavy atom. The monoisotopic (exact) mass is 483 g/mol. The Hall–Kier alpha value is -0.410. The van der Waals surface area contributed by atoms with E-state index in [0.29, 0.717) is 11.1 Å². The number of nitrogens with zero attached hydrogens (tertiary/aromatic N) is 3. The molecule has 1 unspecified atom stereocenters. The third-order valence-corrected chi connectivity index (χ3v) is 4.85. The fourth-order valence-electron chi connectivity index (χ4n) is 2.65. The molecular formula is C16H27ClIN5S. The third-order valence-electron chi connectivity index (χ3n) is 3.86. The number of unbranched alkanes of at least 4 members (excludes halogenated alkanes) is 1. The average molecular weight is 484 g/mol. The number of aliphatic imine (C=N–C) groups is 1. The normalized spacial score (nSPS) is 17.5. The minimum Gasteiger partial charge on any atom is -0.356 e. The first kappa shape index (κ1) is 21.6. The molecule has 1 aromatic rings. The van der Waals surface area contributed by atoms with Gasteiger partial charge >= 0.3 is 0 Å². The summed E-state index contributed by atoms with van der Waals surface area (Å²) < 4.78 is 0. The van der Waals surface area contributed by atoms with E-state index < -0.39 is 0 Å². The number of hydrogen-bond donors (Lipinski definition) is 2. The lowest BCUT2D eigenvalue weighted by Gasteiger charge is -2.20. The highest BCUT2D eigenvalue weighted by Gasteiger charge is 2.25. The predicted octanol–water partition coefficient (Wildman–Crippen LogP) is 3.24. The summed E-state index contributed by atoms with van der Waals surface area (Å²) in [6.07, 6.45) is 7.40. The Morgan fingerprint density at radius 2 is 2.33 bits per heavy atom. The van der Waals surface area contributed by atoms with Gasteiger partial charge in [-0.25, -0.2) is 4.98 Å². The smallest absolute Gasteiger partial charge is 0.191 e. The molecule has 0 saturated carbocycles. The highest BCUT2D eigenvalue weighted by Crippen LogP contribution is 2.25.